The highest BCUT2D eigenvalue weighted by Crippen LogP contribution is 2.35. The van der Waals surface area contributed by atoms with Crippen LogP contribution >= 0.6 is 0 Å². The third kappa shape index (κ3) is 4.86. The lowest BCUT2D eigenvalue weighted by molar-refractivity contribution is -0.137. The van der Waals surface area contributed by atoms with E-state index in [4.69, 9.17) is 10.2 Å². The Balaban J connectivity index is 1.60. The maximum absolute atomic E-state index is 13.3. The van der Waals surface area contributed by atoms with Crippen molar-refractivity contribution < 1.29 is 27.2 Å². The minimum atomic E-state index is -4.41. The molecule has 1 atom stereocenters. The first-order valence-electron chi connectivity index (χ1n) is 11.2. The van der Waals surface area contributed by atoms with Crippen LogP contribution < -0.4 is 11.1 Å². The molecule has 2 amide bonds. The second-order valence-corrected chi connectivity index (χ2v) is 9.78. The molecule has 2 aromatic carbocycles. The van der Waals surface area contributed by atoms with E-state index < -0.39 is 17.6 Å². The van der Waals surface area contributed by atoms with Gasteiger partial charge in [-0.25, -0.2) is 0 Å². The monoisotopic (exact) mass is 497 g/mol. The standard InChI is InChI=1S/C27H26F3N3O3/c1-26(2,3)23(16-5-7-17(8-6-16)24(31)34)32-25(35)20-14-22-19(33(20)4)13-21(36-22)15-9-11-18(12-10-15)27(28,29)30/h5-14,23H,1-4H3,(H2,31,34)(H,32,35). The molecule has 0 saturated carbocycles. The highest BCUT2D eigenvalue weighted by molar-refractivity contribution is 5.98. The second kappa shape index (κ2) is 8.89. The molecular formula is C27H26F3N3O3. The van der Waals surface area contributed by atoms with E-state index >= 15 is 0 Å². The summed E-state index contributed by atoms with van der Waals surface area (Å²) < 4.78 is 46.1. The van der Waals surface area contributed by atoms with E-state index in [9.17, 15) is 22.8 Å². The summed E-state index contributed by atoms with van der Waals surface area (Å²) in [6, 6.07) is 14.4. The van der Waals surface area contributed by atoms with Crippen molar-refractivity contribution in [1.82, 2.24) is 9.88 Å². The van der Waals surface area contributed by atoms with Crippen LogP contribution in [0.2, 0.25) is 0 Å². The number of aromatic nitrogens is 1. The van der Waals surface area contributed by atoms with Crippen LogP contribution in [0.25, 0.3) is 22.4 Å². The molecule has 4 rings (SSSR count). The Kier molecular flexibility index (Phi) is 6.20. The quantitative estimate of drug-likeness (QED) is 0.351. The van der Waals surface area contributed by atoms with Crippen LogP contribution in [0, 0.1) is 5.41 Å². The Bertz CT molecular complexity index is 1420. The zero-order valence-corrected chi connectivity index (χ0v) is 20.2. The third-order valence-electron chi connectivity index (χ3n) is 6.13. The number of primary amides is 1. The van der Waals surface area contributed by atoms with Gasteiger partial charge in [-0.05, 0) is 35.2 Å². The molecule has 36 heavy (non-hydrogen) atoms. The van der Waals surface area contributed by atoms with Crippen molar-refractivity contribution in [2.45, 2.75) is 33.0 Å². The molecule has 3 N–H and O–H groups in total. The number of nitrogens with two attached hydrogens (primary N) is 1. The Morgan fingerprint density at radius 1 is 0.972 bits per heavy atom. The maximum atomic E-state index is 13.3. The zero-order valence-electron chi connectivity index (χ0n) is 20.2. The Hall–Kier alpha value is -4.01. The first kappa shape index (κ1) is 25.1. The molecule has 0 spiro atoms. The summed E-state index contributed by atoms with van der Waals surface area (Å²) in [5, 5.41) is 3.07. The van der Waals surface area contributed by atoms with Crippen molar-refractivity contribution in [3.63, 3.8) is 0 Å². The smallest absolute Gasteiger partial charge is 0.416 e. The van der Waals surface area contributed by atoms with Crippen molar-refractivity contribution in [3.05, 3.63) is 83.0 Å². The molecule has 1 unspecified atom stereocenters. The summed E-state index contributed by atoms with van der Waals surface area (Å²) in [4.78, 5) is 24.7. The fourth-order valence-corrected chi connectivity index (χ4v) is 4.14. The predicted molar refractivity (Wildman–Crippen MR) is 130 cm³/mol. The van der Waals surface area contributed by atoms with Crippen molar-refractivity contribution >= 4 is 22.9 Å². The maximum Gasteiger partial charge on any atom is 0.416 e. The molecule has 0 saturated heterocycles. The minimum absolute atomic E-state index is 0.320. The molecule has 0 fully saturated rings. The molecule has 0 aliphatic carbocycles. The molecule has 0 bridgehead atoms. The summed E-state index contributed by atoms with van der Waals surface area (Å²) in [5.41, 5.74) is 7.39. The molecule has 9 heteroatoms. The number of nitrogens with zero attached hydrogens (tertiary/aromatic N) is 1. The molecule has 2 heterocycles. The Morgan fingerprint density at radius 3 is 2.08 bits per heavy atom. The van der Waals surface area contributed by atoms with Gasteiger partial charge in [0.25, 0.3) is 5.91 Å². The molecule has 0 aliphatic heterocycles. The molecular weight excluding hydrogens is 471 g/mol. The van der Waals surface area contributed by atoms with E-state index in [1.807, 2.05) is 20.8 Å². The minimum Gasteiger partial charge on any atom is -0.454 e. The lowest BCUT2D eigenvalue weighted by Gasteiger charge is -2.32. The van der Waals surface area contributed by atoms with Crippen LogP contribution in [0.15, 0.2) is 65.1 Å². The molecule has 188 valence electrons. The number of hydrogen-bond acceptors (Lipinski definition) is 3. The van der Waals surface area contributed by atoms with Crippen LogP contribution in [-0.4, -0.2) is 16.4 Å². The molecule has 6 nitrogen and oxygen atoms in total. The average Bonchev–Trinajstić information content (AvgIpc) is 3.35. The fraction of sp³-hybridized carbons (Fsp3) is 0.259. The first-order valence-corrected chi connectivity index (χ1v) is 11.2. The van der Waals surface area contributed by atoms with Gasteiger partial charge < -0.3 is 20.0 Å². The number of alkyl halides is 3. The molecule has 0 radical (unpaired) electrons. The van der Waals surface area contributed by atoms with Gasteiger partial charge >= 0.3 is 6.18 Å². The van der Waals surface area contributed by atoms with Crippen molar-refractivity contribution in [3.8, 4) is 11.3 Å². The number of benzene rings is 2. The van der Waals surface area contributed by atoms with E-state index in [0.717, 1.165) is 17.7 Å². The Labute approximate surface area is 205 Å². The lowest BCUT2D eigenvalue weighted by Crippen LogP contribution is -2.37. The summed E-state index contributed by atoms with van der Waals surface area (Å²) >= 11 is 0. The van der Waals surface area contributed by atoms with Crippen molar-refractivity contribution in [1.29, 1.82) is 0 Å². The van der Waals surface area contributed by atoms with Gasteiger partial charge in [0.2, 0.25) is 5.91 Å². The highest BCUT2D eigenvalue weighted by Gasteiger charge is 2.31. The number of hydrogen-bond donors (Lipinski definition) is 2. The molecule has 2 aromatic heterocycles. The summed E-state index contributed by atoms with van der Waals surface area (Å²) in [5.74, 6) is -0.447. The summed E-state index contributed by atoms with van der Waals surface area (Å²) in [6.07, 6.45) is -4.41. The molecule has 4 aromatic rings. The second-order valence-electron chi connectivity index (χ2n) is 9.78. The number of carbonyl (C=O) groups excluding carboxylic acids is 2. The SMILES string of the molecule is Cn1c(C(=O)NC(c2ccc(C(N)=O)cc2)C(C)(C)C)cc2oc(-c3ccc(C(F)(F)F)cc3)cc21. The fourth-order valence-electron chi connectivity index (χ4n) is 4.14. The number of fused-ring (bicyclic) bond motifs is 1. The van der Waals surface area contributed by atoms with Gasteiger partial charge in [-0.15, -0.1) is 0 Å². The van der Waals surface area contributed by atoms with Crippen LogP contribution in [0.1, 0.15) is 58.8 Å². The summed E-state index contributed by atoms with van der Waals surface area (Å²) in [7, 11) is 1.72. The average molecular weight is 498 g/mol. The van der Waals surface area contributed by atoms with Gasteiger partial charge in [-0.1, -0.05) is 45.0 Å². The van der Waals surface area contributed by atoms with E-state index in [2.05, 4.69) is 5.32 Å². The number of nitrogens with one attached hydrogen (secondary N) is 1. The largest absolute Gasteiger partial charge is 0.454 e. The van der Waals surface area contributed by atoms with Gasteiger partial charge in [-0.3, -0.25) is 9.59 Å². The van der Waals surface area contributed by atoms with Crippen LogP contribution in [0.5, 0.6) is 0 Å². The lowest BCUT2D eigenvalue weighted by atomic mass is 9.82. The van der Waals surface area contributed by atoms with Crippen LogP contribution in [0.4, 0.5) is 13.2 Å². The van der Waals surface area contributed by atoms with Gasteiger partial charge in [0.15, 0.2) is 5.58 Å². The van der Waals surface area contributed by atoms with Crippen LogP contribution in [0.3, 0.4) is 0 Å². The third-order valence-corrected chi connectivity index (χ3v) is 6.13. The number of aryl methyl sites for hydroxylation is 1. The number of amides is 2. The van der Waals surface area contributed by atoms with Gasteiger partial charge in [0.1, 0.15) is 11.5 Å². The normalized spacial score (nSPS) is 13.1. The number of halogens is 3. The number of furan rings is 1. The molecule has 0 aliphatic rings. The summed E-state index contributed by atoms with van der Waals surface area (Å²) in [6.45, 7) is 5.98. The van der Waals surface area contributed by atoms with Gasteiger partial charge in [0, 0.05) is 30.3 Å². The Morgan fingerprint density at radius 2 is 1.58 bits per heavy atom. The topological polar surface area (TPSA) is 90.3 Å². The first-order chi connectivity index (χ1) is 16.8. The van der Waals surface area contributed by atoms with Gasteiger partial charge in [-0.2, -0.15) is 13.2 Å². The van der Waals surface area contributed by atoms with Crippen molar-refractivity contribution in [2.24, 2.45) is 18.2 Å². The number of carbonyl (C=O) groups is 2. The van der Waals surface area contributed by atoms with Gasteiger partial charge in [0.05, 0.1) is 17.1 Å². The van der Waals surface area contributed by atoms with E-state index in [1.54, 1.807) is 48.0 Å². The van der Waals surface area contributed by atoms with E-state index in [0.29, 0.717) is 33.7 Å². The predicted octanol–water partition coefficient (Wildman–Crippen LogP) is 6.07. The highest BCUT2D eigenvalue weighted by atomic mass is 19.4. The zero-order chi connectivity index (χ0) is 26.4. The van der Waals surface area contributed by atoms with E-state index in [-0.39, 0.29) is 17.4 Å². The number of rotatable bonds is 5. The van der Waals surface area contributed by atoms with E-state index in [1.165, 1.54) is 12.1 Å². The van der Waals surface area contributed by atoms with Crippen LogP contribution in [-0.2, 0) is 13.2 Å². The van der Waals surface area contributed by atoms with Crippen molar-refractivity contribution in [2.75, 3.05) is 0 Å².